The molecule has 0 saturated heterocycles. The van der Waals surface area contributed by atoms with Crippen molar-refractivity contribution in [2.45, 2.75) is 0 Å². The zero-order valence-electron chi connectivity index (χ0n) is 11.6. The highest BCUT2D eigenvalue weighted by molar-refractivity contribution is 5.79. The topological polar surface area (TPSA) is 53.9 Å². The lowest BCUT2D eigenvalue weighted by Crippen LogP contribution is -1.97. The molecule has 0 aliphatic carbocycles. The number of rotatable bonds is 2. The average Bonchev–Trinajstić information content (AvgIpc) is 2.62. The molecule has 1 heterocycles. The van der Waals surface area contributed by atoms with E-state index in [0.29, 0.717) is 11.4 Å². The highest BCUT2D eigenvalue weighted by Gasteiger charge is 2.19. The van der Waals surface area contributed by atoms with Crippen LogP contribution >= 0.6 is 0 Å². The molecule has 0 amide bonds. The number of nitriles is 1. The molecule has 0 radical (unpaired) electrons. The van der Waals surface area contributed by atoms with E-state index in [-0.39, 0.29) is 11.5 Å². The third-order valence-electron chi connectivity index (χ3n) is 3.18. The zero-order chi connectivity index (χ0) is 15.4. The summed E-state index contributed by atoms with van der Waals surface area (Å²) in [4.78, 5) is 12.1. The molecule has 3 rings (SSSR count). The maximum Gasteiger partial charge on any atom is 0.307 e. The monoisotopic (exact) mass is 282 g/mol. The molecular weight excluding hydrogens is 272 g/mol. The van der Waals surface area contributed by atoms with E-state index in [2.05, 4.69) is 14.8 Å². The lowest BCUT2D eigenvalue weighted by atomic mass is 10.0. The largest absolute Gasteiger partial charge is 0.358 e. The lowest BCUT2D eigenvalue weighted by molar-refractivity contribution is 1.19. The average molecular weight is 282 g/mol. The van der Waals surface area contributed by atoms with E-state index in [0.717, 1.165) is 11.1 Å². The van der Waals surface area contributed by atoms with E-state index in [1.54, 1.807) is 0 Å². The molecule has 22 heavy (non-hydrogen) atoms. The summed E-state index contributed by atoms with van der Waals surface area (Å²) in [5.41, 5.74) is 2.99. The van der Waals surface area contributed by atoms with Crippen LogP contribution in [-0.4, -0.2) is 9.97 Å². The molecule has 1 aromatic heterocycles. The fourth-order valence-corrected chi connectivity index (χ4v) is 2.17. The minimum Gasteiger partial charge on any atom is -0.358 e. The molecule has 0 aliphatic rings. The van der Waals surface area contributed by atoms with E-state index >= 15 is 0 Å². The molecule has 0 N–H and O–H groups in total. The van der Waals surface area contributed by atoms with Crippen LogP contribution in [0.25, 0.3) is 27.4 Å². The molecule has 4 heteroatoms. The maximum absolute atomic E-state index is 9.19. The standard InChI is InChI=1S/C18H10N4/c1-20-18-15(12-19)21-16(13-8-4-2-5-9-13)17(22-18)14-10-6-3-7-11-14/h2-11H. The maximum atomic E-state index is 9.19. The van der Waals surface area contributed by atoms with Gasteiger partial charge in [-0.2, -0.15) is 5.26 Å². The quantitative estimate of drug-likeness (QED) is 0.661. The molecule has 102 valence electrons. The lowest BCUT2D eigenvalue weighted by Gasteiger charge is -2.07. The first-order valence-electron chi connectivity index (χ1n) is 6.64. The van der Waals surface area contributed by atoms with Gasteiger partial charge < -0.3 is 4.85 Å². The fourth-order valence-electron chi connectivity index (χ4n) is 2.17. The van der Waals surface area contributed by atoms with Crippen molar-refractivity contribution in [3.8, 4) is 28.6 Å². The van der Waals surface area contributed by atoms with E-state index in [9.17, 15) is 5.26 Å². The van der Waals surface area contributed by atoms with Gasteiger partial charge in [-0.3, -0.25) is 0 Å². The molecule has 3 aromatic rings. The van der Waals surface area contributed by atoms with Gasteiger partial charge in [-0.1, -0.05) is 67.2 Å². The third kappa shape index (κ3) is 2.42. The zero-order valence-corrected chi connectivity index (χ0v) is 11.6. The van der Waals surface area contributed by atoms with Crippen molar-refractivity contribution in [2.75, 3.05) is 0 Å². The third-order valence-corrected chi connectivity index (χ3v) is 3.18. The predicted octanol–water partition coefficient (Wildman–Crippen LogP) is 4.23. The van der Waals surface area contributed by atoms with Crippen molar-refractivity contribution in [1.29, 1.82) is 5.26 Å². The van der Waals surface area contributed by atoms with Gasteiger partial charge in [-0.25, -0.2) is 4.98 Å². The first kappa shape index (κ1) is 13.5. The Bertz CT molecular complexity index is 812. The van der Waals surface area contributed by atoms with Gasteiger partial charge in [0.25, 0.3) is 0 Å². The number of hydrogen-bond donors (Lipinski definition) is 0. The van der Waals surface area contributed by atoms with Crippen molar-refractivity contribution in [1.82, 2.24) is 9.97 Å². The number of aromatic nitrogens is 2. The summed E-state index contributed by atoms with van der Waals surface area (Å²) >= 11 is 0. The van der Waals surface area contributed by atoms with E-state index < -0.39 is 0 Å². The van der Waals surface area contributed by atoms with Crippen molar-refractivity contribution < 1.29 is 0 Å². The van der Waals surface area contributed by atoms with Crippen LogP contribution in [0.1, 0.15) is 5.69 Å². The molecule has 0 spiro atoms. The first-order chi connectivity index (χ1) is 10.8. The van der Waals surface area contributed by atoms with Crippen molar-refractivity contribution in [3.05, 3.63) is 77.8 Å². The Morgan fingerprint density at radius 1 is 0.818 bits per heavy atom. The van der Waals surface area contributed by atoms with Gasteiger partial charge >= 0.3 is 5.82 Å². The Hall–Kier alpha value is -3.50. The van der Waals surface area contributed by atoms with E-state index in [1.165, 1.54) is 0 Å². The van der Waals surface area contributed by atoms with Crippen LogP contribution in [0.3, 0.4) is 0 Å². The van der Waals surface area contributed by atoms with Gasteiger partial charge in [-0.05, 0) is 0 Å². The Labute approximate surface area is 128 Å². The SMILES string of the molecule is [C-]#[N+]c1nc(-c2ccccc2)c(-c2ccccc2)nc1C#N. The Morgan fingerprint density at radius 3 is 1.77 bits per heavy atom. The van der Waals surface area contributed by atoms with Gasteiger partial charge in [-0.15, -0.1) is 4.98 Å². The van der Waals surface area contributed by atoms with Crippen LogP contribution in [-0.2, 0) is 0 Å². The van der Waals surface area contributed by atoms with Crippen LogP contribution in [0.15, 0.2) is 60.7 Å². The normalized spacial score (nSPS) is 9.73. The molecule has 0 fully saturated rings. The van der Waals surface area contributed by atoms with Crippen LogP contribution in [0.2, 0.25) is 0 Å². The van der Waals surface area contributed by atoms with E-state index in [1.807, 2.05) is 66.7 Å². The molecule has 0 saturated carbocycles. The molecule has 0 aliphatic heterocycles. The molecular formula is C18H10N4. The number of benzene rings is 2. The predicted molar refractivity (Wildman–Crippen MR) is 83.9 cm³/mol. The summed E-state index contributed by atoms with van der Waals surface area (Å²) in [5, 5.41) is 9.19. The Balaban J connectivity index is 2.32. The summed E-state index contributed by atoms with van der Waals surface area (Å²) in [5.74, 6) is 0.0287. The second-order valence-corrected chi connectivity index (χ2v) is 4.55. The highest BCUT2D eigenvalue weighted by atomic mass is 14.9. The number of nitrogens with zero attached hydrogens (tertiary/aromatic N) is 4. The van der Waals surface area contributed by atoms with Gasteiger partial charge in [0.05, 0.1) is 0 Å². The summed E-state index contributed by atoms with van der Waals surface area (Å²) in [6.07, 6.45) is 0. The van der Waals surface area contributed by atoms with Crippen LogP contribution in [0.5, 0.6) is 0 Å². The Kier molecular flexibility index (Phi) is 3.59. The Morgan fingerprint density at radius 2 is 1.32 bits per heavy atom. The first-order valence-corrected chi connectivity index (χ1v) is 6.64. The molecule has 2 aromatic carbocycles. The minimum absolute atomic E-state index is 0.0287. The highest BCUT2D eigenvalue weighted by Crippen LogP contribution is 2.31. The second-order valence-electron chi connectivity index (χ2n) is 4.55. The van der Waals surface area contributed by atoms with Crippen molar-refractivity contribution >= 4 is 5.82 Å². The van der Waals surface area contributed by atoms with Gasteiger partial charge in [0.1, 0.15) is 11.8 Å². The molecule has 4 nitrogen and oxygen atoms in total. The summed E-state index contributed by atoms with van der Waals surface area (Å²) in [6, 6.07) is 21.0. The van der Waals surface area contributed by atoms with E-state index in [4.69, 9.17) is 6.57 Å². The molecule has 0 unspecified atom stereocenters. The second kappa shape index (κ2) is 5.87. The van der Waals surface area contributed by atoms with Gasteiger partial charge in [0, 0.05) is 11.1 Å². The van der Waals surface area contributed by atoms with Gasteiger partial charge in [0.15, 0.2) is 11.4 Å². The summed E-state index contributed by atoms with van der Waals surface area (Å²) in [6.45, 7) is 7.19. The fraction of sp³-hybridized carbons (Fsp3) is 0. The molecule has 0 atom stereocenters. The molecule has 0 bridgehead atoms. The van der Waals surface area contributed by atoms with Gasteiger partial charge in [0.2, 0.25) is 0 Å². The van der Waals surface area contributed by atoms with Crippen molar-refractivity contribution in [3.63, 3.8) is 0 Å². The summed E-state index contributed by atoms with van der Waals surface area (Å²) in [7, 11) is 0. The van der Waals surface area contributed by atoms with Crippen LogP contribution < -0.4 is 0 Å². The summed E-state index contributed by atoms with van der Waals surface area (Å²) < 4.78 is 0. The van der Waals surface area contributed by atoms with Crippen LogP contribution in [0, 0.1) is 17.9 Å². The number of hydrogen-bond acceptors (Lipinski definition) is 3. The van der Waals surface area contributed by atoms with Crippen molar-refractivity contribution in [2.24, 2.45) is 0 Å². The smallest absolute Gasteiger partial charge is 0.307 e. The van der Waals surface area contributed by atoms with Crippen LogP contribution in [0.4, 0.5) is 5.82 Å². The minimum atomic E-state index is 0.0287.